The highest BCUT2D eigenvalue weighted by Gasteiger charge is 2.39. The first kappa shape index (κ1) is 17.2. The Balaban J connectivity index is 2.23. The van der Waals surface area contributed by atoms with Crippen molar-refractivity contribution >= 4 is 27.5 Å². The van der Waals surface area contributed by atoms with Crippen LogP contribution in [0.5, 0.6) is 0 Å². The quantitative estimate of drug-likeness (QED) is 0.907. The van der Waals surface area contributed by atoms with E-state index in [4.69, 9.17) is 9.88 Å². The van der Waals surface area contributed by atoms with Gasteiger partial charge >= 0.3 is 6.09 Å². The van der Waals surface area contributed by atoms with E-state index in [1.807, 2.05) is 20.8 Å². The highest BCUT2D eigenvalue weighted by Crippen LogP contribution is 2.46. The molecule has 2 N–H and O–H groups in total. The monoisotopic (exact) mass is 346 g/mol. The third-order valence-electron chi connectivity index (χ3n) is 3.34. The summed E-state index contributed by atoms with van der Waals surface area (Å²) in [6.45, 7) is 5.44. The van der Waals surface area contributed by atoms with Gasteiger partial charge in [-0.2, -0.15) is 0 Å². The highest BCUT2D eigenvalue weighted by molar-refractivity contribution is 7.91. The maximum Gasteiger partial charge on any atom is 0.410 e. The Morgan fingerprint density at radius 1 is 1.41 bits per heavy atom. The molecule has 1 aromatic heterocycles. The molecule has 0 spiro atoms. The van der Waals surface area contributed by atoms with Crippen molar-refractivity contribution < 1.29 is 17.9 Å². The van der Waals surface area contributed by atoms with Gasteiger partial charge in [0.1, 0.15) is 9.81 Å². The second-order valence-electron chi connectivity index (χ2n) is 6.58. The van der Waals surface area contributed by atoms with Crippen LogP contribution in [0.3, 0.4) is 0 Å². The molecule has 6 nitrogen and oxygen atoms in total. The van der Waals surface area contributed by atoms with Gasteiger partial charge in [0.2, 0.25) is 10.0 Å². The Morgan fingerprint density at radius 2 is 2.00 bits per heavy atom. The molecule has 2 rings (SSSR count). The summed E-state index contributed by atoms with van der Waals surface area (Å²) in [5.74, 6) is 0.337. The Kier molecular flexibility index (Phi) is 4.56. The Hall–Kier alpha value is -1.12. The number of nitrogens with two attached hydrogens (primary N) is 1. The van der Waals surface area contributed by atoms with Gasteiger partial charge in [0, 0.05) is 11.9 Å². The lowest BCUT2D eigenvalue weighted by atomic mass is 10.1. The zero-order chi connectivity index (χ0) is 16.7. The van der Waals surface area contributed by atoms with Crippen molar-refractivity contribution in [2.24, 2.45) is 11.1 Å². The predicted octanol–water partition coefficient (Wildman–Crippen LogP) is 2.71. The van der Waals surface area contributed by atoms with Gasteiger partial charge in [0.25, 0.3) is 0 Å². The minimum atomic E-state index is -3.71. The van der Waals surface area contributed by atoms with E-state index in [2.05, 4.69) is 0 Å². The third-order valence-corrected chi connectivity index (χ3v) is 5.94. The second-order valence-corrected chi connectivity index (χ2v) is 9.48. The molecule has 124 valence electrons. The average molecular weight is 346 g/mol. The van der Waals surface area contributed by atoms with Gasteiger partial charge in [-0.25, -0.2) is 18.4 Å². The van der Waals surface area contributed by atoms with Crippen LogP contribution in [0.25, 0.3) is 0 Å². The van der Waals surface area contributed by atoms with Crippen molar-refractivity contribution in [3.8, 4) is 0 Å². The zero-order valence-corrected chi connectivity index (χ0v) is 14.8. The van der Waals surface area contributed by atoms with Gasteiger partial charge in [0.05, 0.1) is 6.04 Å². The van der Waals surface area contributed by atoms with Gasteiger partial charge in [0.15, 0.2) is 0 Å². The zero-order valence-electron chi connectivity index (χ0n) is 13.2. The number of amides is 1. The molecule has 1 atom stereocenters. The molecule has 0 radical (unpaired) electrons. The normalized spacial score (nSPS) is 17.1. The van der Waals surface area contributed by atoms with Crippen LogP contribution < -0.4 is 5.14 Å². The summed E-state index contributed by atoms with van der Waals surface area (Å²) >= 11 is 1.12. The molecule has 1 aliphatic rings. The van der Waals surface area contributed by atoms with Crippen LogP contribution in [-0.4, -0.2) is 32.1 Å². The van der Waals surface area contributed by atoms with Crippen LogP contribution >= 0.6 is 11.3 Å². The van der Waals surface area contributed by atoms with Crippen LogP contribution in [0, 0.1) is 5.92 Å². The number of carbonyl (C=O) groups excluding carboxylic acids is 1. The molecule has 1 heterocycles. The summed E-state index contributed by atoms with van der Waals surface area (Å²) in [6, 6.07) is 3.05. The van der Waals surface area contributed by atoms with Crippen molar-refractivity contribution in [3.05, 3.63) is 17.0 Å². The highest BCUT2D eigenvalue weighted by atomic mass is 32.2. The van der Waals surface area contributed by atoms with E-state index < -0.39 is 21.7 Å². The standard InChI is InChI=1S/C14H22N2O4S2/c1-14(2,3)20-13(17)16(4)12(9-5-6-9)10-7-8-11(21-10)22(15,18)19/h7-9,12H,5-6H2,1-4H3,(H2,15,18,19)/t12-/m0/s1. The minimum absolute atomic E-state index is 0.116. The molecular weight excluding hydrogens is 324 g/mol. The molecule has 0 bridgehead atoms. The van der Waals surface area contributed by atoms with E-state index >= 15 is 0 Å². The summed E-state index contributed by atoms with van der Waals surface area (Å²) in [4.78, 5) is 14.7. The first-order chi connectivity index (χ1) is 9.99. The SMILES string of the molecule is CN(C(=O)OC(C)(C)C)[C@H](c1ccc(S(N)(=O)=O)s1)C1CC1. The van der Waals surface area contributed by atoms with Crippen LogP contribution in [0.1, 0.15) is 44.5 Å². The molecule has 22 heavy (non-hydrogen) atoms. The molecule has 0 aliphatic heterocycles. The fourth-order valence-corrected chi connectivity index (χ4v) is 4.23. The topological polar surface area (TPSA) is 89.7 Å². The third kappa shape index (κ3) is 4.21. The van der Waals surface area contributed by atoms with Gasteiger partial charge in [-0.1, -0.05) is 0 Å². The molecule has 1 fully saturated rings. The van der Waals surface area contributed by atoms with E-state index in [-0.39, 0.29) is 10.3 Å². The molecule has 0 saturated heterocycles. The van der Waals surface area contributed by atoms with Crippen LogP contribution in [-0.2, 0) is 14.8 Å². The number of primary sulfonamides is 1. The molecule has 8 heteroatoms. The summed E-state index contributed by atoms with van der Waals surface area (Å²) in [5, 5.41) is 5.16. The number of sulfonamides is 1. The first-order valence-electron chi connectivity index (χ1n) is 7.07. The van der Waals surface area contributed by atoms with E-state index in [9.17, 15) is 13.2 Å². The van der Waals surface area contributed by atoms with Crippen molar-refractivity contribution in [3.63, 3.8) is 0 Å². The van der Waals surface area contributed by atoms with Crippen molar-refractivity contribution in [1.82, 2.24) is 4.90 Å². The first-order valence-corrected chi connectivity index (χ1v) is 9.43. The number of rotatable bonds is 4. The predicted molar refractivity (Wildman–Crippen MR) is 85.2 cm³/mol. The molecule has 1 amide bonds. The average Bonchev–Trinajstić information content (AvgIpc) is 3.02. The maximum atomic E-state index is 12.3. The lowest BCUT2D eigenvalue weighted by Crippen LogP contribution is -2.37. The molecular formula is C14H22N2O4S2. The van der Waals surface area contributed by atoms with E-state index in [0.717, 1.165) is 29.1 Å². The lowest BCUT2D eigenvalue weighted by Gasteiger charge is -2.30. The van der Waals surface area contributed by atoms with Crippen LogP contribution in [0.2, 0.25) is 0 Å². The molecule has 0 aromatic carbocycles. The Labute approximate surface area is 135 Å². The number of hydrogen-bond acceptors (Lipinski definition) is 5. The van der Waals surface area contributed by atoms with Crippen molar-refractivity contribution in [2.75, 3.05) is 7.05 Å². The minimum Gasteiger partial charge on any atom is -0.444 e. The Morgan fingerprint density at radius 3 is 2.41 bits per heavy atom. The van der Waals surface area contributed by atoms with Crippen LogP contribution in [0.15, 0.2) is 16.3 Å². The number of ether oxygens (including phenoxy) is 1. The van der Waals surface area contributed by atoms with Crippen molar-refractivity contribution in [1.29, 1.82) is 0 Å². The molecule has 1 saturated carbocycles. The molecule has 1 aliphatic carbocycles. The lowest BCUT2D eigenvalue weighted by molar-refractivity contribution is 0.0202. The summed E-state index contributed by atoms with van der Waals surface area (Å²) in [5.41, 5.74) is -0.569. The Bertz CT molecular complexity index is 657. The van der Waals surface area contributed by atoms with Gasteiger partial charge < -0.3 is 9.64 Å². The second kappa shape index (κ2) is 5.82. The molecule has 0 unspecified atom stereocenters. The van der Waals surface area contributed by atoms with Gasteiger partial charge in [-0.3, -0.25) is 0 Å². The number of carbonyl (C=O) groups is 1. The fraction of sp³-hybridized carbons (Fsp3) is 0.643. The van der Waals surface area contributed by atoms with Crippen LogP contribution in [0.4, 0.5) is 4.79 Å². The van der Waals surface area contributed by atoms with Crippen molar-refractivity contribution in [2.45, 2.75) is 49.5 Å². The van der Waals surface area contributed by atoms with E-state index in [1.165, 1.54) is 6.07 Å². The number of nitrogens with zero attached hydrogens (tertiary/aromatic N) is 1. The van der Waals surface area contributed by atoms with Gasteiger partial charge in [-0.15, -0.1) is 11.3 Å². The smallest absolute Gasteiger partial charge is 0.410 e. The number of hydrogen-bond donors (Lipinski definition) is 1. The summed E-state index contributed by atoms with van der Waals surface area (Å²) in [7, 11) is -2.02. The van der Waals surface area contributed by atoms with E-state index in [0.29, 0.717) is 5.92 Å². The summed E-state index contributed by atoms with van der Waals surface area (Å²) in [6.07, 6.45) is 1.62. The maximum absolute atomic E-state index is 12.3. The largest absolute Gasteiger partial charge is 0.444 e. The number of thiophene rings is 1. The van der Waals surface area contributed by atoms with Gasteiger partial charge in [-0.05, 0) is 51.7 Å². The molecule has 1 aromatic rings. The van der Waals surface area contributed by atoms with E-state index in [1.54, 1.807) is 18.0 Å². The summed E-state index contributed by atoms with van der Waals surface area (Å²) < 4.78 is 28.4. The fourth-order valence-electron chi connectivity index (χ4n) is 2.25.